The number of piperidine rings is 1. The molecule has 1 fully saturated rings. The van der Waals surface area contributed by atoms with Crippen molar-refractivity contribution in [2.45, 2.75) is 31.9 Å². The maximum absolute atomic E-state index is 14.7. The fraction of sp³-hybridized carbons (Fsp3) is 0.357. The average molecular weight is 572 g/mol. The SMILES string of the molecule is CN1CCC(=Nc2cccc3c2cc(-c2noc(CNC(=O)c4ccc(N(C)C)cc4)n2)n3CC(F)(F)F)[C@@H](F)C1. The van der Waals surface area contributed by atoms with Gasteiger partial charge in [0.1, 0.15) is 6.54 Å². The van der Waals surface area contributed by atoms with Crippen LogP contribution in [-0.4, -0.2) is 77.8 Å². The quantitative estimate of drug-likeness (QED) is 0.314. The van der Waals surface area contributed by atoms with Crippen molar-refractivity contribution in [2.75, 3.05) is 39.1 Å². The largest absolute Gasteiger partial charge is 0.406 e. The number of benzene rings is 2. The second kappa shape index (κ2) is 11.3. The van der Waals surface area contributed by atoms with Crippen molar-refractivity contribution in [3.05, 3.63) is 60.0 Å². The number of nitrogens with one attached hydrogen (secondary N) is 1. The zero-order valence-corrected chi connectivity index (χ0v) is 22.7. The summed E-state index contributed by atoms with van der Waals surface area (Å²) in [5.41, 5.74) is 2.39. The van der Waals surface area contributed by atoms with Crippen LogP contribution in [0.5, 0.6) is 0 Å². The van der Waals surface area contributed by atoms with Gasteiger partial charge in [0.25, 0.3) is 5.91 Å². The molecule has 0 saturated carbocycles. The minimum absolute atomic E-state index is 0.0224. The van der Waals surface area contributed by atoms with Gasteiger partial charge in [-0.3, -0.25) is 9.79 Å². The average Bonchev–Trinajstić information content (AvgIpc) is 3.53. The van der Waals surface area contributed by atoms with E-state index in [4.69, 9.17) is 4.52 Å². The van der Waals surface area contributed by atoms with Crippen LogP contribution in [0.15, 0.2) is 58.0 Å². The van der Waals surface area contributed by atoms with E-state index in [9.17, 15) is 22.4 Å². The predicted molar refractivity (Wildman–Crippen MR) is 147 cm³/mol. The molecule has 1 N–H and O–H groups in total. The highest BCUT2D eigenvalue weighted by atomic mass is 19.4. The molecule has 2 aromatic heterocycles. The molecule has 2 aromatic carbocycles. The molecule has 1 aliphatic heterocycles. The van der Waals surface area contributed by atoms with Gasteiger partial charge in [0.15, 0.2) is 6.17 Å². The summed E-state index contributed by atoms with van der Waals surface area (Å²) >= 11 is 0. The summed E-state index contributed by atoms with van der Waals surface area (Å²) in [5, 5.41) is 6.97. The number of carbonyl (C=O) groups is 1. The first-order chi connectivity index (χ1) is 19.5. The van der Waals surface area contributed by atoms with Gasteiger partial charge < -0.3 is 24.2 Å². The first-order valence-electron chi connectivity index (χ1n) is 13.0. The van der Waals surface area contributed by atoms with Crippen LogP contribution >= 0.6 is 0 Å². The van der Waals surface area contributed by atoms with Gasteiger partial charge in [-0.25, -0.2) is 4.39 Å². The fourth-order valence-electron chi connectivity index (χ4n) is 4.71. The monoisotopic (exact) mass is 571 g/mol. The summed E-state index contributed by atoms with van der Waals surface area (Å²) in [7, 11) is 5.60. The number of hydrogen-bond donors (Lipinski definition) is 1. The van der Waals surface area contributed by atoms with E-state index in [1.54, 1.807) is 42.5 Å². The standard InChI is InChI=1S/C28H29F4N7O2/c1-37(2)18-9-7-17(8-10-18)27(40)33-14-25-35-26(36-41-25)24-13-19-21(34-22-11-12-38(3)15-20(22)29)5-4-6-23(19)39(24)16-28(30,31)32/h4-10,13,20H,11-12,14-16H2,1-3H3,(H,33,40)/t20-/m0/s1. The number of likely N-dealkylation sites (tertiary alicyclic amines) is 1. The smallest absolute Gasteiger partial charge is 0.378 e. The van der Waals surface area contributed by atoms with Crippen LogP contribution in [0.1, 0.15) is 22.7 Å². The van der Waals surface area contributed by atoms with Gasteiger partial charge in [-0.1, -0.05) is 11.2 Å². The summed E-state index contributed by atoms with van der Waals surface area (Å²) in [5.74, 6) is -0.425. The number of hydrogen-bond acceptors (Lipinski definition) is 7. The summed E-state index contributed by atoms with van der Waals surface area (Å²) in [6.07, 6.45) is -5.38. The summed E-state index contributed by atoms with van der Waals surface area (Å²) < 4.78 is 61.8. The zero-order chi connectivity index (χ0) is 29.3. The van der Waals surface area contributed by atoms with E-state index >= 15 is 0 Å². The second-order valence-electron chi connectivity index (χ2n) is 10.2. The molecule has 13 heteroatoms. The third-order valence-corrected chi connectivity index (χ3v) is 6.85. The van der Waals surface area contributed by atoms with Gasteiger partial charge in [-0.2, -0.15) is 18.2 Å². The summed E-state index contributed by atoms with van der Waals surface area (Å²) in [4.78, 5) is 25.1. The predicted octanol–water partition coefficient (Wildman–Crippen LogP) is 5.00. The number of nitrogens with zero attached hydrogens (tertiary/aromatic N) is 6. The number of fused-ring (bicyclic) bond motifs is 1. The highest BCUT2D eigenvalue weighted by Crippen LogP contribution is 2.35. The number of aliphatic imine (C=N–C) groups is 1. The van der Waals surface area contributed by atoms with Crippen molar-refractivity contribution in [3.8, 4) is 11.5 Å². The van der Waals surface area contributed by atoms with Crippen molar-refractivity contribution in [3.63, 3.8) is 0 Å². The molecule has 0 unspecified atom stereocenters. The molecule has 41 heavy (non-hydrogen) atoms. The third kappa shape index (κ3) is 6.40. The van der Waals surface area contributed by atoms with E-state index in [1.807, 2.05) is 30.9 Å². The van der Waals surface area contributed by atoms with E-state index in [-0.39, 0.29) is 41.9 Å². The van der Waals surface area contributed by atoms with Gasteiger partial charge in [0.05, 0.1) is 29.2 Å². The molecule has 3 heterocycles. The normalized spacial score (nSPS) is 17.3. The lowest BCUT2D eigenvalue weighted by Gasteiger charge is -2.26. The molecule has 1 atom stereocenters. The van der Waals surface area contributed by atoms with Gasteiger partial charge in [-0.05, 0) is 49.5 Å². The van der Waals surface area contributed by atoms with Gasteiger partial charge >= 0.3 is 6.18 Å². The molecular weight excluding hydrogens is 542 g/mol. The topological polar surface area (TPSA) is 91.8 Å². The van der Waals surface area contributed by atoms with Crippen LogP contribution in [0.3, 0.4) is 0 Å². The number of anilines is 1. The zero-order valence-electron chi connectivity index (χ0n) is 22.7. The molecular formula is C28H29F4N7O2. The van der Waals surface area contributed by atoms with Gasteiger partial charge in [0, 0.05) is 50.2 Å². The third-order valence-electron chi connectivity index (χ3n) is 6.85. The number of alkyl halides is 4. The van der Waals surface area contributed by atoms with Crippen molar-refractivity contribution < 1.29 is 26.9 Å². The molecule has 4 aromatic rings. The second-order valence-corrected chi connectivity index (χ2v) is 10.2. The minimum atomic E-state index is -4.54. The fourth-order valence-corrected chi connectivity index (χ4v) is 4.71. The lowest BCUT2D eigenvalue weighted by molar-refractivity contribution is -0.139. The molecule has 0 spiro atoms. The van der Waals surface area contributed by atoms with Gasteiger partial charge in [0.2, 0.25) is 11.7 Å². The molecule has 5 rings (SSSR count). The molecule has 1 saturated heterocycles. The molecule has 0 aliphatic carbocycles. The van der Waals surface area contributed by atoms with E-state index in [0.717, 1.165) is 10.3 Å². The number of halogens is 4. The van der Waals surface area contributed by atoms with Crippen LogP contribution < -0.4 is 10.2 Å². The van der Waals surface area contributed by atoms with E-state index in [1.165, 1.54) is 6.07 Å². The Balaban J connectivity index is 1.43. The van der Waals surface area contributed by atoms with Crippen LogP contribution in [0.25, 0.3) is 22.4 Å². The molecule has 0 radical (unpaired) electrons. The molecule has 1 amide bonds. The molecule has 1 aliphatic rings. The maximum atomic E-state index is 14.7. The van der Waals surface area contributed by atoms with E-state index in [2.05, 4.69) is 20.4 Å². The van der Waals surface area contributed by atoms with Crippen LogP contribution in [0, 0.1) is 0 Å². The Kier molecular flexibility index (Phi) is 7.80. The summed E-state index contributed by atoms with van der Waals surface area (Å²) in [6, 6.07) is 13.2. The number of carbonyl (C=O) groups excluding carboxylic acids is 1. The van der Waals surface area contributed by atoms with Crippen molar-refractivity contribution in [1.29, 1.82) is 0 Å². The van der Waals surface area contributed by atoms with Crippen molar-refractivity contribution in [1.82, 2.24) is 24.9 Å². The highest BCUT2D eigenvalue weighted by Gasteiger charge is 2.31. The first-order valence-corrected chi connectivity index (χ1v) is 13.0. The lowest BCUT2D eigenvalue weighted by Crippen LogP contribution is -2.39. The Morgan fingerprint density at radius 1 is 1.20 bits per heavy atom. The van der Waals surface area contributed by atoms with Crippen LogP contribution in [0.4, 0.5) is 28.9 Å². The minimum Gasteiger partial charge on any atom is -0.378 e. The van der Waals surface area contributed by atoms with E-state index < -0.39 is 18.9 Å². The molecule has 216 valence electrons. The number of aromatic nitrogens is 3. The Bertz CT molecular complexity index is 1570. The first kappa shape index (κ1) is 28.3. The number of rotatable bonds is 7. The van der Waals surface area contributed by atoms with Crippen LogP contribution in [0.2, 0.25) is 0 Å². The Morgan fingerprint density at radius 2 is 1.95 bits per heavy atom. The van der Waals surface area contributed by atoms with E-state index in [0.29, 0.717) is 35.3 Å². The highest BCUT2D eigenvalue weighted by molar-refractivity contribution is 5.99. The Morgan fingerprint density at radius 3 is 2.63 bits per heavy atom. The van der Waals surface area contributed by atoms with Crippen molar-refractivity contribution in [2.24, 2.45) is 4.99 Å². The van der Waals surface area contributed by atoms with Crippen LogP contribution in [-0.2, 0) is 13.1 Å². The Hall–Kier alpha value is -4.26. The Labute approximate surface area is 233 Å². The lowest BCUT2D eigenvalue weighted by atomic mass is 10.1. The maximum Gasteiger partial charge on any atom is 0.406 e. The summed E-state index contributed by atoms with van der Waals surface area (Å²) in [6.45, 7) is -0.574. The molecule has 0 bridgehead atoms. The van der Waals surface area contributed by atoms with Crippen molar-refractivity contribution >= 4 is 33.9 Å². The van der Waals surface area contributed by atoms with Gasteiger partial charge in [-0.15, -0.1) is 0 Å². The number of amides is 1. The molecule has 9 nitrogen and oxygen atoms in total.